The molecular formula is C24H27N2O. The van der Waals surface area contributed by atoms with Crippen LogP contribution in [-0.4, -0.2) is 10.6 Å². The lowest BCUT2D eigenvalue weighted by atomic mass is 10.0. The van der Waals surface area contributed by atoms with Gasteiger partial charge >= 0.3 is 0 Å². The maximum atomic E-state index is 13.4. The van der Waals surface area contributed by atoms with Crippen molar-refractivity contribution in [2.45, 2.75) is 39.0 Å². The molecular weight excluding hydrogens is 332 g/mol. The van der Waals surface area contributed by atoms with E-state index in [1.807, 2.05) is 87.5 Å². The summed E-state index contributed by atoms with van der Waals surface area (Å²) >= 11 is 0. The normalized spacial score (nSPS) is 12.8. The zero-order valence-electron chi connectivity index (χ0n) is 16.2. The molecule has 0 aliphatic rings. The molecule has 0 amide bonds. The highest BCUT2D eigenvalue weighted by atomic mass is 16.5. The highest BCUT2D eigenvalue weighted by Crippen LogP contribution is 2.34. The second kappa shape index (κ2) is 8.38. The quantitative estimate of drug-likeness (QED) is 0.408. The van der Waals surface area contributed by atoms with E-state index in [0.717, 1.165) is 11.3 Å². The van der Waals surface area contributed by atoms with Gasteiger partial charge in [0, 0.05) is 17.8 Å². The fraction of sp³-hybridized carbons (Fsp3) is 0.250. The molecule has 1 atom stereocenters. The number of hydrogen-bond acceptors (Lipinski definition) is 2. The lowest BCUT2D eigenvalue weighted by molar-refractivity contribution is -0.242. The average Bonchev–Trinajstić information content (AvgIpc) is 2.69. The summed E-state index contributed by atoms with van der Waals surface area (Å²) in [4.78, 5) is 2.18. The Labute approximate surface area is 162 Å². The first-order chi connectivity index (χ1) is 13.0. The molecule has 139 valence electrons. The van der Waals surface area contributed by atoms with E-state index in [2.05, 4.69) is 29.2 Å². The van der Waals surface area contributed by atoms with E-state index in [0.29, 0.717) is 6.54 Å². The standard InChI is InChI=1S/C24H27N2O/c1-24(2,3)26(27)23(21-15-9-5-10-16-21)25(22-17-11-6-12-18-22)19-20-13-7-4-8-14-20/h4-18,23H,19H2,1-3H3. The Bertz CT molecular complexity index is 813. The van der Waals surface area contributed by atoms with Crippen molar-refractivity contribution in [2.24, 2.45) is 0 Å². The summed E-state index contributed by atoms with van der Waals surface area (Å²) in [6.07, 6.45) is -0.422. The minimum absolute atomic E-state index is 0.422. The van der Waals surface area contributed by atoms with E-state index < -0.39 is 11.7 Å². The number of benzene rings is 3. The fourth-order valence-electron chi connectivity index (χ4n) is 3.15. The summed E-state index contributed by atoms with van der Waals surface area (Å²) in [5, 5.41) is 14.7. The minimum Gasteiger partial charge on any atom is -0.346 e. The van der Waals surface area contributed by atoms with Gasteiger partial charge in [0.05, 0.1) is 0 Å². The molecule has 3 heteroatoms. The number of hydrogen-bond donors (Lipinski definition) is 0. The van der Waals surface area contributed by atoms with Gasteiger partial charge in [-0.25, -0.2) is 0 Å². The molecule has 3 nitrogen and oxygen atoms in total. The first-order valence-electron chi connectivity index (χ1n) is 9.34. The van der Waals surface area contributed by atoms with Gasteiger partial charge in [-0.2, -0.15) is 0 Å². The van der Waals surface area contributed by atoms with Crippen LogP contribution in [-0.2, 0) is 11.8 Å². The van der Waals surface area contributed by atoms with Crippen molar-refractivity contribution in [3.63, 3.8) is 0 Å². The second-order valence-corrected chi connectivity index (χ2v) is 7.73. The molecule has 0 bridgehead atoms. The summed E-state index contributed by atoms with van der Waals surface area (Å²) < 4.78 is 0. The highest BCUT2D eigenvalue weighted by molar-refractivity contribution is 5.49. The molecule has 0 spiro atoms. The van der Waals surface area contributed by atoms with Crippen molar-refractivity contribution < 1.29 is 5.21 Å². The summed E-state index contributed by atoms with van der Waals surface area (Å²) in [6, 6.07) is 30.5. The van der Waals surface area contributed by atoms with Crippen molar-refractivity contribution in [3.05, 3.63) is 102 Å². The number of nitrogens with zero attached hydrogens (tertiary/aromatic N) is 2. The van der Waals surface area contributed by atoms with Crippen LogP contribution in [0.5, 0.6) is 0 Å². The molecule has 0 saturated heterocycles. The zero-order chi connectivity index (χ0) is 19.3. The van der Waals surface area contributed by atoms with Crippen LogP contribution in [0.15, 0.2) is 91.0 Å². The third-order valence-corrected chi connectivity index (χ3v) is 4.56. The molecule has 0 aromatic heterocycles. The van der Waals surface area contributed by atoms with Gasteiger partial charge in [-0.15, -0.1) is 10.3 Å². The number of rotatable bonds is 6. The SMILES string of the molecule is CC(C)(C)N([O])C(c1ccccc1)N(Cc1ccccc1)c1ccccc1. The van der Waals surface area contributed by atoms with Crippen LogP contribution in [0.3, 0.4) is 0 Å². The highest BCUT2D eigenvalue weighted by Gasteiger charge is 2.35. The zero-order valence-corrected chi connectivity index (χ0v) is 16.2. The lowest BCUT2D eigenvalue weighted by Gasteiger charge is -2.42. The molecule has 0 aliphatic heterocycles. The van der Waals surface area contributed by atoms with E-state index in [-0.39, 0.29) is 0 Å². The molecule has 0 fully saturated rings. The summed E-state index contributed by atoms with van der Waals surface area (Å²) in [7, 11) is 0. The Morgan fingerprint density at radius 3 is 1.74 bits per heavy atom. The third kappa shape index (κ3) is 4.76. The van der Waals surface area contributed by atoms with Crippen molar-refractivity contribution in [1.29, 1.82) is 0 Å². The average molecular weight is 359 g/mol. The summed E-state index contributed by atoms with van der Waals surface area (Å²) in [5.74, 6) is 0. The van der Waals surface area contributed by atoms with Gasteiger partial charge in [-0.1, -0.05) is 78.9 Å². The minimum atomic E-state index is -0.524. The second-order valence-electron chi connectivity index (χ2n) is 7.73. The van der Waals surface area contributed by atoms with Crippen molar-refractivity contribution >= 4 is 5.69 Å². The van der Waals surface area contributed by atoms with E-state index in [1.165, 1.54) is 10.6 Å². The van der Waals surface area contributed by atoms with Crippen LogP contribution in [0.2, 0.25) is 0 Å². The van der Waals surface area contributed by atoms with Crippen molar-refractivity contribution in [2.75, 3.05) is 4.90 Å². The molecule has 27 heavy (non-hydrogen) atoms. The van der Waals surface area contributed by atoms with Gasteiger partial charge in [0.2, 0.25) is 0 Å². The largest absolute Gasteiger partial charge is 0.346 e. The maximum Gasteiger partial charge on any atom is 0.135 e. The molecule has 3 rings (SSSR count). The third-order valence-electron chi connectivity index (χ3n) is 4.56. The molecule has 0 aliphatic carbocycles. The van der Waals surface area contributed by atoms with Crippen LogP contribution >= 0.6 is 0 Å². The lowest BCUT2D eigenvalue weighted by Crippen LogP contribution is -2.47. The van der Waals surface area contributed by atoms with Crippen LogP contribution in [0.4, 0.5) is 5.69 Å². The molecule has 1 radical (unpaired) electrons. The van der Waals surface area contributed by atoms with E-state index in [9.17, 15) is 5.21 Å². The van der Waals surface area contributed by atoms with Crippen molar-refractivity contribution in [3.8, 4) is 0 Å². The summed E-state index contributed by atoms with van der Waals surface area (Å²) in [6.45, 7) is 6.53. The van der Waals surface area contributed by atoms with Gasteiger partial charge in [-0.3, -0.25) is 0 Å². The van der Waals surface area contributed by atoms with Gasteiger partial charge in [-0.05, 0) is 44.0 Å². The van der Waals surface area contributed by atoms with Gasteiger partial charge in [0.1, 0.15) is 6.17 Å². The number of anilines is 1. The van der Waals surface area contributed by atoms with Gasteiger partial charge in [0.15, 0.2) is 0 Å². The number of para-hydroxylation sites is 1. The van der Waals surface area contributed by atoms with E-state index in [4.69, 9.17) is 0 Å². The predicted molar refractivity (Wildman–Crippen MR) is 111 cm³/mol. The first kappa shape index (κ1) is 19.2. The van der Waals surface area contributed by atoms with Crippen LogP contribution in [0.1, 0.15) is 38.1 Å². The van der Waals surface area contributed by atoms with Crippen LogP contribution < -0.4 is 4.90 Å². The molecule has 0 heterocycles. The Morgan fingerprint density at radius 2 is 1.22 bits per heavy atom. The Hall–Kier alpha value is -2.62. The topological polar surface area (TPSA) is 26.4 Å². The Kier molecular flexibility index (Phi) is 5.94. The Balaban J connectivity index is 2.09. The molecule has 0 N–H and O–H groups in total. The van der Waals surface area contributed by atoms with Crippen LogP contribution in [0.25, 0.3) is 0 Å². The molecule has 3 aromatic rings. The fourth-order valence-corrected chi connectivity index (χ4v) is 3.15. The maximum absolute atomic E-state index is 13.4. The molecule has 0 saturated carbocycles. The predicted octanol–water partition coefficient (Wildman–Crippen LogP) is 5.84. The monoisotopic (exact) mass is 359 g/mol. The van der Waals surface area contributed by atoms with Crippen molar-refractivity contribution in [1.82, 2.24) is 5.06 Å². The van der Waals surface area contributed by atoms with Gasteiger partial charge in [0.25, 0.3) is 0 Å². The first-order valence-corrected chi connectivity index (χ1v) is 9.34. The molecule has 3 aromatic carbocycles. The van der Waals surface area contributed by atoms with Crippen LogP contribution in [0, 0.1) is 0 Å². The van der Waals surface area contributed by atoms with Gasteiger partial charge < -0.3 is 4.90 Å². The Morgan fingerprint density at radius 1 is 0.741 bits per heavy atom. The molecule has 1 unspecified atom stereocenters. The number of hydroxylamine groups is 2. The van der Waals surface area contributed by atoms with E-state index in [1.54, 1.807) is 0 Å². The van der Waals surface area contributed by atoms with E-state index >= 15 is 0 Å². The summed E-state index contributed by atoms with van der Waals surface area (Å²) in [5.41, 5.74) is 2.66. The smallest absolute Gasteiger partial charge is 0.135 e.